The Morgan fingerprint density at radius 3 is 2.79 bits per heavy atom. The van der Waals surface area contributed by atoms with Crippen molar-refractivity contribution < 1.29 is 14.6 Å². The lowest BCUT2D eigenvalue weighted by Crippen LogP contribution is -2.34. The van der Waals surface area contributed by atoms with Gasteiger partial charge in [0.05, 0.1) is 13.3 Å². The van der Waals surface area contributed by atoms with E-state index >= 15 is 0 Å². The number of phenols is 1. The van der Waals surface area contributed by atoms with Crippen molar-refractivity contribution in [2.45, 2.75) is 19.9 Å². The van der Waals surface area contributed by atoms with E-state index in [1.54, 1.807) is 19.1 Å². The lowest BCUT2D eigenvalue weighted by atomic mass is 10.2. The first kappa shape index (κ1) is 17.3. The van der Waals surface area contributed by atoms with Crippen molar-refractivity contribution in [1.29, 1.82) is 0 Å². The van der Waals surface area contributed by atoms with Gasteiger partial charge in [-0.2, -0.15) is 5.10 Å². The Kier molecular flexibility index (Phi) is 5.78. The fraction of sp³-hybridized carbons (Fsp3) is 0.222. The van der Waals surface area contributed by atoms with Gasteiger partial charge in [0.25, 0.3) is 5.91 Å². The second-order valence-corrected chi connectivity index (χ2v) is 5.39. The highest BCUT2D eigenvalue weighted by Crippen LogP contribution is 2.20. The number of phenolic OH excluding ortho intramolecular Hbond substituents is 1. The molecule has 0 aromatic heterocycles. The highest BCUT2D eigenvalue weighted by Gasteiger charge is 2.11. The first-order valence-electron chi connectivity index (χ1n) is 7.52. The molecule has 1 amide bonds. The van der Waals surface area contributed by atoms with Crippen LogP contribution < -0.4 is 15.5 Å². The van der Waals surface area contributed by atoms with Crippen molar-refractivity contribution in [3.63, 3.8) is 0 Å². The van der Waals surface area contributed by atoms with E-state index in [0.717, 1.165) is 11.3 Å². The number of carbonyl (C=O) groups excluding carboxylic acids is 1. The molecule has 0 aliphatic rings. The number of ether oxygens (including phenoxy) is 1. The van der Waals surface area contributed by atoms with Crippen LogP contribution in [-0.4, -0.2) is 30.4 Å². The molecular weight excluding hydrogens is 306 g/mol. The van der Waals surface area contributed by atoms with Crippen LogP contribution in [0.3, 0.4) is 0 Å². The van der Waals surface area contributed by atoms with Gasteiger partial charge >= 0.3 is 0 Å². The Morgan fingerprint density at radius 1 is 1.29 bits per heavy atom. The first-order valence-corrected chi connectivity index (χ1v) is 7.52. The summed E-state index contributed by atoms with van der Waals surface area (Å²) >= 11 is 0. The van der Waals surface area contributed by atoms with Crippen molar-refractivity contribution in [2.75, 3.05) is 12.4 Å². The van der Waals surface area contributed by atoms with Crippen molar-refractivity contribution in [1.82, 2.24) is 5.43 Å². The van der Waals surface area contributed by atoms with E-state index < -0.39 is 6.04 Å². The summed E-state index contributed by atoms with van der Waals surface area (Å²) in [6, 6.07) is 12.1. The number of nitrogens with zero attached hydrogens (tertiary/aromatic N) is 1. The third-order valence-electron chi connectivity index (χ3n) is 3.41. The van der Waals surface area contributed by atoms with Crippen LogP contribution in [0, 0.1) is 6.92 Å². The van der Waals surface area contributed by atoms with E-state index in [-0.39, 0.29) is 11.7 Å². The largest absolute Gasteiger partial charge is 0.507 e. The Labute approximate surface area is 141 Å². The minimum Gasteiger partial charge on any atom is -0.507 e. The average molecular weight is 327 g/mol. The minimum atomic E-state index is -0.456. The van der Waals surface area contributed by atoms with Crippen LogP contribution in [0.1, 0.15) is 18.1 Å². The number of amides is 1. The molecular formula is C18H21N3O3. The number of carbonyl (C=O) groups is 1. The van der Waals surface area contributed by atoms with Gasteiger partial charge in [0, 0.05) is 11.3 Å². The normalized spacial score (nSPS) is 12.0. The maximum Gasteiger partial charge on any atom is 0.262 e. The molecule has 2 aromatic carbocycles. The minimum absolute atomic E-state index is 0.0553. The van der Waals surface area contributed by atoms with Gasteiger partial charge in [0.1, 0.15) is 17.5 Å². The fourth-order valence-corrected chi connectivity index (χ4v) is 2.08. The van der Waals surface area contributed by atoms with E-state index in [4.69, 9.17) is 4.74 Å². The summed E-state index contributed by atoms with van der Waals surface area (Å²) in [6.07, 6.45) is 1.37. The van der Waals surface area contributed by atoms with Crippen LogP contribution >= 0.6 is 0 Å². The van der Waals surface area contributed by atoms with Crippen LogP contribution in [0.5, 0.6) is 11.5 Å². The molecule has 0 bridgehead atoms. The number of aryl methyl sites for hydroxylation is 1. The van der Waals surface area contributed by atoms with Gasteiger partial charge in [0.2, 0.25) is 0 Å². The number of aromatic hydroxyl groups is 1. The molecule has 0 aliphatic carbocycles. The lowest BCUT2D eigenvalue weighted by molar-refractivity contribution is -0.121. The zero-order valence-corrected chi connectivity index (χ0v) is 13.9. The number of methoxy groups -OCH3 is 1. The van der Waals surface area contributed by atoms with E-state index in [0.29, 0.717) is 11.3 Å². The molecule has 0 spiro atoms. The predicted molar refractivity (Wildman–Crippen MR) is 94.7 cm³/mol. The Balaban J connectivity index is 1.94. The van der Waals surface area contributed by atoms with Crippen LogP contribution in [0.15, 0.2) is 47.6 Å². The monoisotopic (exact) mass is 327 g/mol. The van der Waals surface area contributed by atoms with E-state index in [1.165, 1.54) is 19.4 Å². The van der Waals surface area contributed by atoms with Crippen LogP contribution in [0.25, 0.3) is 0 Å². The summed E-state index contributed by atoms with van der Waals surface area (Å²) in [7, 11) is 1.54. The topological polar surface area (TPSA) is 83.0 Å². The first-order chi connectivity index (χ1) is 11.5. The van der Waals surface area contributed by atoms with Gasteiger partial charge in [-0.3, -0.25) is 4.79 Å². The molecule has 24 heavy (non-hydrogen) atoms. The quantitative estimate of drug-likeness (QED) is 0.563. The molecule has 0 fully saturated rings. The number of nitrogens with one attached hydrogen (secondary N) is 2. The maximum atomic E-state index is 12.1. The summed E-state index contributed by atoms with van der Waals surface area (Å²) in [6.45, 7) is 3.73. The molecule has 0 unspecified atom stereocenters. The lowest BCUT2D eigenvalue weighted by Gasteiger charge is -2.13. The SMILES string of the molecule is COc1ccc(O)c(/C=N\NC(=O)[C@H](C)Nc2cccc(C)c2)c1. The average Bonchev–Trinajstić information content (AvgIpc) is 2.56. The number of rotatable bonds is 6. The molecule has 2 aromatic rings. The molecule has 6 nitrogen and oxygen atoms in total. The molecule has 1 atom stereocenters. The summed E-state index contributed by atoms with van der Waals surface area (Å²) < 4.78 is 5.08. The summed E-state index contributed by atoms with van der Waals surface area (Å²) in [5.74, 6) is 0.366. The molecule has 0 saturated carbocycles. The third-order valence-corrected chi connectivity index (χ3v) is 3.41. The Morgan fingerprint density at radius 2 is 2.08 bits per heavy atom. The van der Waals surface area contributed by atoms with Crippen molar-refractivity contribution in [3.05, 3.63) is 53.6 Å². The Bertz CT molecular complexity index is 744. The highest BCUT2D eigenvalue weighted by molar-refractivity contribution is 5.88. The van der Waals surface area contributed by atoms with Crippen molar-refractivity contribution in [3.8, 4) is 11.5 Å². The zero-order chi connectivity index (χ0) is 17.5. The smallest absolute Gasteiger partial charge is 0.262 e. The van der Waals surface area contributed by atoms with Crippen molar-refractivity contribution in [2.24, 2.45) is 5.10 Å². The number of anilines is 1. The van der Waals surface area contributed by atoms with Gasteiger partial charge in [-0.15, -0.1) is 0 Å². The molecule has 3 N–H and O–H groups in total. The molecule has 0 aliphatic heterocycles. The third kappa shape index (κ3) is 4.74. The number of hydrazone groups is 1. The standard InChI is InChI=1S/C18H21N3O3/c1-12-5-4-6-15(9-12)20-13(2)18(23)21-19-11-14-10-16(24-3)7-8-17(14)22/h4-11,13,20,22H,1-3H3,(H,21,23)/b19-11-/t13-/m0/s1. The van der Waals surface area contributed by atoms with E-state index in [2.05, 4.69) is 15.8 Å². The van der Waals surface area contributed by atoms with Crippen LogP contribution in [0.2, 0.25) is 0 Å². The van der Waals surface area contributed by atoms with E-state index in [9.17, 15) is 9.90 Å². The number of hydrogen-bond acceptors (Lipinski definition) is 5. The van der Waals surface area contributed by atoms with Crippen LogP contribution in [0.4, 0.5) is 5.69 Å². The van der Waals surface area contributed by atoms with Gasteiger partial charge in [-0.25, -0.2) is 5.43 Å². The fourth-order valence-electron chi connectivity index (χ4n) is 2.08. The maximum absolute atomic E-state index is 12.1. The van der Waals surface area contributed by atoms with Gasteiger partial charge in [-0.05, 0) is 49.7 Å². The molecule has 6 heteroatoms. The number of benzene rings is 2. The second-order valence-electron chi connectivity index (χ2n) is 5.39. The van der Waals surface area contributed by atoms with Gasteiger partial charge in [0.15, 0.2) is 0 Å². The highest BCUT2D eigenvalue weighted by atomic mass is 16.5. The van der Waals surface area contributed by atoms with E-state index in [1.807, 2.05) is 31.2 Å². The molecule has 126 valence electrons. The number of hydrogen-bond donors (Lipinski definition) is 3. The second kappa shape index (κ2) is 8.01. The van der Waals surface area contributed by atoms with Crippen LogP contribution in [-0.2, 0) is 4.79 Å². The van der Waals surface area contributed by atoms with Gasteiger partial charge < -0.3 is 15.2 Å². The molecule has 0 heterocycles. The summed E-state index contributed by atoms with van der Waals surface area (Å²) in [5, 5.41) is 16.7. The molecule has 0 radical (unpaired) electrons. The summed E-state index contributed by atoms with van der Waals surface area (Å²) in [4.78, 5) is 12.1. The summed E-state index contributed by atoms with van der Waals surface area (Å²) in [5.41, 5.74) is 4.88. The molecule has 2 rings (SSSR count). The predicted octanol–water partition coefficient (Wildman–Crippen LogP) is 2.66. The van der Waals surface area contributed by atoms with Crippen molar-refractivity contribution >= 4 is 17.8 Å². The zero-order valence-electron chi connectivity index (χ0n) is 13.9. The molecule has 0 saturated heterocycles. The Hall–Kier alpha value is -3.02. The van der Waals surface area contributed by atoms with Gasteiger partial charge in [-0.1, -0.05) is 12.1 Å².